The number of thiocarbonyl (C=S) groups is 1. The van der Waals surface area contributed by atoms with Crippen molar-refractivity contribution in [3.05, 3.63) is 29.6 Å². The quantitative estimate of drug-likeness (QED) is 0.789. The summed E-state index contributed by atoms with van der Waals surface area (Å²) in [4.78, 5) is 0. The topological polar surface area (TPSA) is 24.1 Å². The highest BCUT2D eigenvalue weighted by Crippen LogP contribution is 2.19. The molecule has 0 aromatic heterocycles. The van der Waals surface area contributed by atoms with Gasteiger partial charge in [-0.05, 0) is 43.6 Å². The Bertz CT molecular complexity index is 414. The summed E-state index contributed by atoms with van der Waals surface area (Å²) >= 11 is 5.19. The van der Waals surface area contributed by atoms with Crippen LogP contribution in [0.25, 0.3) is 0 Å². The Labute approximate surface area is 107 Å². The summed E-state index contributed by atoms with van der Waals surface area (Å²) in [6, 6.07) is 5.71. The van der Waals surface area contributed by atoms with E-state index in [2.05, 4.69) is 10.6 Å². The van der Waals surface area contributed by atoms with Crippen molar-refractivity contribution in [1.82, 2.24) is 5.32 Å². The number of anilines is 1. The summed E-state index contributed by atoms with van der Waals surface area (Å²) < 4.78 is 13.7. The van der Waals surface area contributed by atoms with Gasteiger partial charge in [-0.25, -0.2) is 4.39 Å². The number of aryl methyl sites for hydroxylation is 1. The average Bonchev–Trinajstić information content (AvgIpc) is 2.77. The van der Waals surface area contributed by atoms with Crippen molar-refractivity contribution in [3.8, 4) is 0 Å². The maximum Gasteiger partial charge on any atom is 0.171 e. The van der Waals surface area contributed by atoms with Crippen molar-refractivity contribution in [2.45, 2.75) is 38.6 Å². The Morgan fingerprint density at radius 1 is 1.35 bits per heavy atom. The summed E-state index contributed by atoms with van der Waals surface area (Å²) in [7, 11) is 0. The molecule has 0 aliphatic heterocycles. The van der Waals surface area contributed by atoms with Crippen LogP contribution in [0.4, 0.5) is 10.1 Å². The molecule has 2 nitrogen and oxygen atoms in total. The second kappa shape index (κ2) is 5.45. The maximum absolute atomic E-state index is 13.7. The van der Waals surface area contributed by atoms with Gasteiger partial charge in [-0.15, -0.1) is 0 Å². The van der Waals surface area contributed by atoms with E-state index in [4.69, 9.17) is 12.2 Å². The van der Waals surface area contributed by atoms with E-state index in [9.17, 15) is 4.39 Å². The molecule has 1 aromatic rings. The second-order valence-electron chi connectivity index (χ2n) is 4.52. The van der Waals surface area contributed by atoms with Gasteiger partial charge in [-0.2, -0.15) is 0 Å². The fraction of sp³-hybridized carbons (Fsp3) is 0.462. The fourth-order valence-corrected chi connectivity index (χ4v) is 2.43. The minimum atomic E-state index is -0.233. The molecule has 1 aromatic carbocycles. The van der Waals surface area contributed by atoms with Crippen molar-refractivity contribution in [2.75, 3.05) is 5.32 Å². The molecule has 0 saturated heterocycles. The molecule has 1 aliphatic rings. The lowest BCUT2D eigenvalue weighted by molar-refractivity contribution is 0.620. The molecule has 4 heteroatoms. The fourth-order valence-electron chi connectivity index (χ4n) is 2.16. The normalized spacial score (nSPS) is 15.9. The van der Waals surface area contributed by atoms with Gasteiger partial charge in [0.25, 0.3) is 0 Å². The number of halogens is 1. The van der Waals surface area contributed by atoms with E-state index in [1.54, 1.807) is 19.1 Å². The Balaban J connectivity index is 1.95. The molecule has 0 heterocycles. The van der Waals surface area contributed by atoms with Crippen LogP contribution in [0.3, 0.4) is 0 Å². The van der Waals surface area contributed by atoms with Crippen LogP contribution in [-0.2, 0) is 0 Å². The first-order chi connectivity index (χ1) is 8.16. The molecule has 0 unspecified atom stereocenters. The lowest BCUT2D eigenvalue weighted by Gasteiger charge is -2.16. The SMILES string of the molecule is Cc1cccc(NC(=S)NC2CCCC2)c1F. The molecule has 1 aliphatic carbocycles. The Kier molecular flexibility index (Phi) is 3.94. The van der Waals surface area contributed by atoms with Gasteiger partial charge in [0.05, 0.1) is 5.69 Å². The lowest BCUT2D eigenvalue weighted by atomic mass is 10.2. The first-order valence-corrected chi connectivity index (χ1v) is 6.40. The number of hydrogen-bond donors (Lipinski definition) is 2. The molecule has 17 heavy (non-hydrogen) atoms. The molecular weight excluding hydrogens is 235 g/mol. The summed E-state index contributed by atoms with van der Waals surface area (Å²) in [5.41, 5.74) is 1.07. The molecule has 0 radical (unpaired) electrons. The molecule has 0 atom stereocenters. The van der Waals surface area contributed by atoms with E-state index in [1.807, 2.05) is 6.07 Å². The third-order valence-electron chi connectivity index (χ3n) is 3.13. The van der Waals surface area contributed by atoms with Crippen LogP contribution in [0.2, 0.25) is 0 Å². The van der Waals surface area contributed by atoms with Crippen molar-refractivity contribution < 1.29 is 4.39 Å². The zero-order valence-electron chi connectivity index (χ0n) is 9.92. The molecule has 92 valence electrons. The highest BCUT2D eigenvalue weighted by molar-refractivity contribution is 7.80. The largest absolute Gasteiger partial charge is 0.360 e. The van der Waals surface area contributed by atoms with Crippen molar-refractivity contribution in [1.29, 1.82) is 0 Å². The zero-order chi connectivity index (χ0) is 12.3. The minimum Gasteiger partial charge on any atom is -0.360 e. The molecule has 2 N–H and O–H groups in total. The third-order valence-corrected chi connectivity index (χ3v) is 3.35. The summed E-state index contributed by atoms with van der Waals surface area (Å²) in [5.74, 6) is -0.233. The van der Waals surface area contributed by atoms with Crippen LogP contribution in [-0.4, -0.2) is 11.2 Å². The molecule has 2 rings (SSSR count). The molecule has 1 fully saturated rings. The van der Waals surface area contributed by atoms with Gasteiger partial charge >= 0.3 is 0 Å². The Hall–Kier alpha value is -1.16. The van der Waals surface area contributed by atoms with Gasteiger partial charge in [0, 0.05) is 6.04 Å². The number of benzene rings is 1. The van der Waals surface area contributed by atoms with Gasteiger partial charge in [0.1, 0.15) is 5.82 Å². The molecule has 0 spiro atoms. The first kappa shape index (κ1) is 12.3. The smallest absolute Gasteiger partial charge is 0.171 e. The summed E-state index contributed by atoms with van der Waals surface area (Å²) in [6.45, 7) is 1.74. The predicted octanol–water partition coefficient (Wildman–Crippen LogP) is 3.36. The van der Waals surface area contributed by atoms with E-state index in [1.165, 1.54) is 12.8 Å². The first-order valence-electron chi connectivity index (χ1n) is 5.99. The maximum atomic E-state index is 13.7. The monoisotopic (exact) mass is 252 g/mol. The van der Waals surface area contributed by atoms with Crippen LogP contribution >= 0.6 is 12.2 Å². The standard InChI is InChI=1S/C13H17FN2S/c1-9-5-4-8-11(12(9)14)16-13(17)15-10-6-2-3-7-10/h4-5,8,10H,2-3,6-7H2,1H3,(H2,15,16,17). The molecule has 0 bridgehead atoms. The van der Waals surface area contributed by atoms with E-state index < -0.39 is 0 Å². The predicted molar refractivity (Wildman–Crippen MR) is 72.7 cm³/mol. The van der Waals surface area contributed by atoms with Gasteiger partial charge in [-0.1, -0.05) is 25.0 Å². The van der Waals surface area contributed by atoms with Gasteiger partial charge in [0.15, 0.2) is 5.11 Å². The third kappa shape index (κ3) is 3.16. The van der Waals surface area contributed by atoms with Crippen molar-refractivity contribution in [3.63, 3.8) is 0 Å². The number of rotatable bonds is 2. The van der Waals surface area contributed by atoms with E-state index in [0.29, 0.717) is 22.4 Å². The summed E-state index contributed by atoms with van der Waals surface area (Å²) in [5, 5.41) is 6.67. The minimum absolute atomic E-state index is 0.233. The van der Waals surface area contributed by atoms with Gasteiger partial charge in [0.2, 0.25) is 0 Å². The molecule has 0 amide bonds. The number of nitrogens with one attached hydrogen (secondary N) is 2. The van der Waals surface area contributed by atoms with Crippen molar-refractivity contribution in [2.24, 2.45) is 0 Å². The Morgan fingerprint density at radius 2 is 2.06 bits per heavy atom. The molecule has 1 saturated carbocycles. The van der Waals surface area contributed by atoms with Crippen LogP contribution in [0.1, 0.15) is 31.2 Å². The summed E-state index contributed by atoms with van der Waals surface area (Å²) in [6.07, 6.45) is 4.80. The Morgan fingerprint density at radius 3 is 2.76 bits per heavy atom. The van der Waals surface area contributed by atoms with E-state index >= 15 is 0 Å². The molecular formula is C13H17FN2S. The van der Waals surface area contributed by atoms with E-state index in [-0.39, 0.29) is 5.82 Å². The zero-order valence-corrected chi connectivity index (χ0v) is 10.7. The second-order valence-corrected chi connectivity index (χ2v) is 4.92. The van der Waals surface area contributed by atoms with E-state index in [0.717, 1.165) is 12.8 Å². The van der Waals surface area contributed by atoms with Gasteiger partial charge < -0.3 is 10.6 Å². The highest BCUT2D eigenvalue weighted by atomic mass is 32.1. The average molecular weight is 252 g/mol. The number of hydrogen-bond acceptors (Lipinski definition) is 1. The lowest BCUT2D eigenvalue weighted by Crippen LogP contribution is -2.36. The van der Waals surface area contributed by atoms with Crippen LogP contribution in [0, 0.1) is 12.7 Å². The van der Waals surface area contributed by atoms with Crippen molar-refractivity contribution >= 4 is 23.0 Å². The highest BCUT2D eigenvalue weighted by Gasteiger charge is 2.16. The van der Waals surface area contributed by atoms with Crippen LogP contribution < -0.4 is 10.6 Å². The van der Waals surface area contributed by atoms with Crippen LogP contribution in [0.15, 0.2) is 18.2 Å². The van der Waals surface area contributed by atoms with Crippen LogP contribution in [0.5, 0.6) is 0 Å². The van der Waals surface area contributed by atoms with Gasteiger partial charge in [-0.3, -0.25) is 0 Å².